The summed E-state index contributed by atoms with van der Waals surface area (Å²) in [6.45, 7) is -0.0755. The molecule has 0 radical (unpaired) electrons. The molecule has 0 saturated carbocycles. The molecule has 0 N–H and O–H groups in total. The number of carbonyl (C=O) groups is 2. The Morgan fingerprint density at radius 2 is 2.20 bits per heavy atom. The molecule has 1 aromatic heterocycles. The van der Waals surface area contributed by atoms with Crippen LogP contribution in [-0.2, 0) is 9.59 Å². The van der Waals surface area contributed by atoms with Gasteiger partial charge in [0.2, 0.25) is 11.9 Å². The highest BCUT2D eigenvalue weighted by Crippen LogP contribution is 2.24. The van der Waals surface area contributed by atoms with Crippen LogP contribution in [0.4, 0.5) is 10.1 Å². The molecule has 2 heterocycles. The number of aromatic nitrogens is 1. The van der Waals surface area contributed by atoms with Crippen LogP contribution in [0.15, 0.2) is 16.7 Å². The van der Waals surface area contributed by atoms with Crippen molar-refractivity contribution in [2.45, 2.75) is 6.42 Å². The first-order valence-corrected chi connectivity index (χ1v) is 5.00. The Morgan fingerprint density at radius 1 is 1.47 bits per heavy atom. The minimum absolute atomic E-state index is 0.0419. The number of amides is 1. The molecule has 0 aliphatic carbocycles. The summed E-state index contributed by atoms with van der Waals surface area (Å²) in [6, 6.07) is 1.43. The van der Waals surface area contributed by atoms with Gasteiger partial charge in [0.15, 0.2) is 5.78 Å². The van der Waals surface area contributed by atoms with E-state index >= 15 is 0 Å². The van der Waals surface area contributed by atoms with E-state index in [-0.39, 0.29) is 30.3 Å². The number of hydrogen-bond acceptors (Lipinski definition) is 3. The van der Waals surface area contributed by atoms with E-state index in [1.165, 1.54) is 12.3 Å². The predicted octanol–water partition coefficient (Wildman–Crippen LogP) is 1.29. The number of hydrogen-bond donors (Lipinski definition) is 0. The summed E-state index contributed by atoms with van der Waals surface area (Å²) in [5, 5.41) is 0. The summed E-state index contributed by atoms with van der Waals surface area (Å²) >= 11 is 3.13. The molecule has 2 rings (SSSR count). The molecule has 1 saturated heterocycles. The molecule has 1 aliphatic heterocycles. The van der Waals surface area contributed by atoms with Crippen LogP contribution in [-0.4, -0.2) is 23.2 Å². The Bertz CT molecular complexity index is 450. The summed E-state index contributed by atoms with van der Waals surface area (Å²) in [7, 11) is 0. The number of nitrogens with zero attached hydrogens (tertiary/aromatic N) is 2. The Morgan fingerprint density at radius 3 is 2.80 bits per heavy atom. The number of Topliss-reactive ketones (excluding diaryl/α,β-unsaturated/α-hetero) is 1. The Balaban J connectivity index is 2.41. The zero-order valence-corrected chi connectivity index (χ0v) is 9.12. The molecule has 78 valence electrons. The van der Waals surface area contributed by atoms with E-state index in [9.17, 15) is 14.0 Å². The van der Waals surface area contributed by atoms with Crippen molar-refractivity contribution in [2.75, 3.05) is 11.4 Å². The summed E-state index contributed by atoms with van der Waals surface area (Å²) in [5.74, 6) is -1.35. The van der Waals surface area contributed by atoms with Crippen LogP contribution in [0.5, 0.6) is 0 Å². The zero-order valence-electron chi connectivity index (χ0n) is 7.54. The van der Waals surface area contributed by atoms with Gasteiger partial charge in [-0.1, -0.05) is 0 Å². The van der Waals surface area contributed by atoms with Crippen LogP contribution < -0.4 is 4.90 Å². The molecule has 1 aromatic rings. The van der Waals surface area contributed by atoms with Crippen LogP contribution >= 0.6 is 15.9 Å². The van der Waals surface area contributed by atoms with Gasteiger partial charge in [-0.25, -0.2) is 4.98 Å². The van der Waals surface area contributed by atoms with Gasteiger partial charge in [-0.05, 0) is 22.0 Å². The number of pyridine rings is 1. The smallest absolute Gasteiger partial charge is 0.236 e. The second-order valence-corrected chi connectivity index (χ2v) is 4.07. The van der Waals surface area contributed by atoms with Crippen LogP contribution in [0, 0.1) is 5.95 Å². The highest BCUT2D eigenvalue weighted by molar-refractivity contribution is 9.10. The largest absolute Gasteiger partial charge is 0.300 e. The number of anilines is 1. The number of rotatable bonds is 1. The molecular formula is C9H6BrFN2O2. The first-order chi connectivity index (χ1) is 7.08. The lowest BCUT2D eigenvalue weighted by Crippen LogP contribution is -2.25. The number of ketones is 1. The molecule has 0 atom stereocenters. The van der Waals surface area contributed by atoms with E-state index in [2.05, 4.69) is 20.9 Å². The highest BCUT2D eigenvalue weighted by atomic mass is 79.9. The zero-order chi connectivity index (χ0) is 11.0. The molecule has 0 aromatic carbocycles. The van der Waals surface area contributed by atoms with Gasteiger partial charge in [0.25, 0.3) is 0 Å². The maximum atomic E-state index is 13.3. The van der Waals surface area contributed by atoms with Gasteiger partial charge in [0.1, 0.15) is 5.69 Å². The Hall–Kier alpha value is -1.30. The van der Waals surface area contributed by atoms with Crippen molar-refractivity contribution in [1.29, 1.82) is 0 Å². The molecule has 1 aliphatic rings. The molecule has 0 spiro atoms. The third-order valence-electron chi connectivity index (χ3n) is 2.06. The van der Waals surface area contributed by atoms with Crippen molar-refractivity contribution >= 4 is 33.3 Å². The van der Waals surface area contributed by atoms with Crippen LogP contribution in [0.1, 0.15) is 6.42 Å². The first-order valence-electron chi connectivity index (χ1n) is 4.21. The van der Waals surface area contributed by atoms with Gasteiger partial charge in [-0.15, -0.1) is 0 Å². The quantitative estimate of drug-likeness (QED) is 0.572. The SMILES string of the molecule is O=C1CC(=O)N(c2cc(Br)cnc2F)C1. The van der Waals surface area contributed by atoms with Gasteiger partial charge >= 0.3 is 0 Å². The van der Waals surface area contributed by atoms with Crippen LogP contribution in [0.25, 0.3) is 0 Å². The van der Waals surface area contributed by atoms with Crippen molar-refractivity contribution in [3.8, 4) is 0 Å². The monoisotopic (exact) mass is 272 g/mol. The molecule has 1 fully saturated rings. The lowest BCUT2D eigenvalue weighted by atomic mass is 10.3. The Kier molecular flexibility index (Phi) is 2.52. The van der Waals surface area contributed by atoms with Crippen molar-refractivity contribution in [2.24, 2.45) is 0 Å². The fraction of sp³-hybridized carbons (Fsp3) is 0.222. The van der Waals surface area contributed by atoms with Gasteiger partial charge < -0.3 is 4.90 Å². The summed E-state index contributed by atoms with van der Waals surface area (Å²) in [5.41, 5.74) is 0.0419. The van der Waals surface area contributed by atoms with Crippen LogP contribution in [0.2, 0.25) is 0 Å². The fourth-order valence-corrected chi connectivity index (χ4v) is 1.72. The number of carbonyl (C=O) groups excluding carboxylic acids is 2. The maximum Gasteiger partial charge on any atom is 0.236 e. The summed E-state index contributed by atoms with van der Waals surface area (Å²) in [6.07, 6.45) is 1.13. The van der Waals surface area contributed by atoms with Crippen molar-refractivity contribution in [1.82, 2.24) is 4.98 Å². The second-order valence-electron chi connectivity index (χ2n) is 3.16. The van der Waals surface area contributed by atoms with E-state index in [1.807, 2.05) is 0 Å². The maximum absolute atomic E-state index is 13.3. The summed E-state index contributed by atoms with van der Waals surface area (Å²) in [4.78, 5) is 26.9. The summed E-state index contributed by atoms with van der Waals surface area (Å²) < 4.78 is 13.8. The molecule has 15 heavy (non-hydrogen) atoms. The predicted molar refractivity (Wildman–Crippen MR) is 53.9 cm³/mol. The van der Waals surface area contributed by atoms with E-state index in [0.717, 1.165) is 4.90 Å². The van der Waals surface area contributed by atoms with Crippen molar-refractivity contribution < 1.29 is 14.0 Å². The molecular weight excluding hydrogens is 267 g/mol. The lowest BCUT2D eigenvalue weighted by molar-refractivity contribution is -0.121. The molecule has 4 nitrogen and oxygen atoms in total. The van der Waals surface area contributed by atoms with Crippen LogP contribution in [0.3, 0.4) is 0 Å². The van der Waals surface area contributed by atoms with E-state index < -0.39 is 5.95 Å². The standard InChI is InChI=1S/C9H6BrFN2O2/c10-5-1-7(9(11)12-3-5)13-4-6(14)2-8(13)15/h1,3H,2,4H2. The Labute approximate surface area is 93.2 Å². The van der Waals surface area contributed by atoms with E-state index in [1.54, 1.807) is 0 Å². The van der Waals surface area contributed by atoms with Gasteiger partial charge in [0.05, 0.1) is 13.0 Å². The van der Waals surface area contributed by atoms with Gasteiger partial charge in [-0.2, -0.15) is 4.39 Å². The average molecular weight is 273 g/mol. The van der Waals surface area contributed by atoms with E-state index in [0.29, 0.717) is 4.47 Å². The highest BCUT2D eigenvalue weighted by Gasteiger charge is 2.30. The first kappa shape index (κ1) is 10.2. The van der Waals surface area contributed by atoms with Gasteiger partial charge in [0, 0.05) is 10.7 Å². The van der Waals surface area contributed by atoms with Gasteiger partial charge in [-0.3, -0.25) is 9.59 Å². The molecule has 0 unspecified atom stereocenters. The van der Waals surface area contributed by atoms with Crippen molar-refractivity contribution in [3.05, 3.63) is 22.7 Å². The molecule has 1 amide bonds. The topological polar surface area (TPSA) is 50.3 Å². The lowest BCUT2D eigenvalue weighted by Gasteiger charge is -2.14. The normalized spacial score (nSPS) is 16.3. The third-order valence-corrected chi connectivity index (χ3v) is 2.50. The molecule has 6 heteroatoms. The molecule has 0 bridgehead atoms. The number of halogens is 2. The van der Waals surface area contributed by atoms with Crippen molar-refractivity contribution in [3.63, 3.8) is 0 Å². The fourth-order valence-electron chi connectivity index (χ4n) is 1.41. The minimum Gasteiger partial charge on any atom is -0.300 e. The third kappa shape index (κ3) is 1.90. The minimum atomic E-state index is -0.749. The second kappa shape index (κ2) is 3.69. The average Bonchev–Trinajstić information content (AvgIpc) is 2.50. The van der Waals surface area contributed by atoms with E-state index in [4.69, 9.17) is 0 Å².